The molecule has 0 spiro atoms. The number of carbonyl (C=O) groups excluding carboxylic acids is 2. The molecule has 6 nitrogen and oxygen atoms in total. The molecule has 224 valence electrons. The highest BCUT2D eigenvalue weighted by atomic mass is 16.5. The normalized spacial score (nSPS) is 24.1. The molecule has 0 amide bonds. The molecular formula is C34H52O6. The van der Waals surface area contributed by atoms with Crippen LogP contribution in [0.25, 0.3) is 0 Å². The fourth-order valence-corrected chi connectivity index (χ4v) is 4.36. The summed E-state index contributed by atoms with van der Waals surface area (Å²) in [6, 6.07) is 0. The van der Waals surface area contributed by atoms with Gasteiger partial charge in [-0.05, 0) is 71.6 Å². The SMILES string of the molecule is CC(=CC=CC(C)=CC[C@@H](O)C[C@H](C)O)C=C(C)C=CC(=O)O[C@H]1CCCC(=O)O[C@@H](C(C)C)CC=CC[C@@H]1C. The van der Waals surface area contributed by atoms with Crippen molar-refractivity contribution in [3.8, 4) is 0 Å². The van der Waals surface area contributed by atoms with Crippen molar-refractivity contribution in [3.63, 3.8) is 0 Å². The van der Waals surface area contributed by atoms with Gasteiger partial charge in [0.15, 0.2) is 0 Å². The van der Waals surface area contributed by atoms with E-state index in [1.54, 1.807) is 13.0 Å². The number of cyclic esters (lactones) is 1. The summed E-state index contributed by atoms with van der Waals surface area (Å²) in [5, 5.41) is 19.2. The Kier molecular flexibility index (Phi) is 17.1. The maximum Gasteiger partial charge on any atom is 0.331 e. The molecule has 0 fully saturated rings. The smallest absolute Gasteiger partial charge is 0.331 e. The van der Waals surface area contributed by atoms with E-state index in [2.05, 4.69) is 32.9 Å². The average Bonchev–Trinajstić information content (AvgIpc) is 2.86. The van der Waals surface area contributed by atoms with Crippen molar-refractivity contribution in [3.05, 3.63) is 71.4 Å². The highest BCUT2D eigenvalue weighted by molar-refractivity contribution is 5.82. The Balaban J connectivity index is 2.69. The molecule has 6 heteroatoms. The number of aliphatic hydroxyl groups is 2. The zero-order valence-corrected chi connectivity index (χ0v) is 25.6. The van der Waals surface area contributed by atoms with Crippen molar-refractivity contribution in [1.82, 2.24) is 0 Å². The largest absolute Gasteiger partial charge is 0.462 e. The molecule has 5 atom stereocenters. The lowest BCUT2D eigenvalue weighted by Crippen LogP contribution is -2.26. The van der Waals surface area contributed by atoms with Crippen LogP contribution in [0.15, 0.2) is 71.4 Å². The lowest BCUT2D eigenvalue weighted by molar-refractivity contribution is -0.151. The summed E-state index contributed by atoms with van der Waals surface area (Å²) in [6.45, 7) is 13.8. The molecule has 0 aromatic rings. The van der Waals surface area contributed by atoms with Gasteiger partial charge in [0.2, 0.25) is 0 Å². The van der Waals surface area contributed by atoms with Gasteiger partial charge in [-0.25, -0.2) is 4.79 Å². The summed E-state index contributed by atoms with van der Waals surface area (Å²) in [7, 11) is 0. The maximum absolute atomic E-state index is 12.6. The van der Waals surface area contributed by atoms with Gasteiger partial charge in [0.1, 0.15) is 12.2 Å². The van der Waals surface area contributed by atoms with Gasteiger partial charge in [0.05, 0.1) is 12.2 Å². The summed E-state index contributed by atoms with van der Waals surface area (Å²) in [5.74, 6) is -0.165. The molecule has 0 aromatic heterocycles. The van der Waals surface area contributed by atoms with Crippen LogP contribution >= 0.6 is 0 Å². The standard InChI is InChI=1S/C34H52O6/c1-24(2)31-15-9-8-14-28(6)32(16-11-17-33(37)39-31)40-34(38)21-19-27(5)22-26(4)13-10-12-25(3)18-20-30(36)23-29(7)35/h8-10,12-13,18-19,21-22,24,28-32,35-36H,11,14-17,20,23H2,1-7H3/t28-,29-,30+,31+,32-/m0/s1. The van der Waals surface area contributed by atoms with Crippen molar-refractivity contribution >= 4 is 11.9 Å². The van der Waals surface area contributed by atoms with Crippen molar-refractivity contribution in [2.24, 2.45) is 11.8 Å². The number of allylic oxidation sites excluding steroid dienone is 9. The van der Waals surface area contributed by atoms with E-state index in [0.717, 1.165) is 23.1 Å². The monoisotopic (exact) mass is 556 g/mol. The van der Waals surface area contributed by atoms with Crippen LogP contribution in [0.3, 0.4) is 0 Å². The first kappa shape index (κ1) is 35.3. The molecule has 0 unspecified atom stereocenters. The highest BCUT2D eigenvalue weighted by Gasteiger charge is 2.23. The van der Waals surface area contributed by atoms with Gasteiger partial charge in [-0.15, -0.1) is 0 Å². The second-order valence-electron chi connectivity index (χ2n) is 11.5. The van der Waals surface area contributed by atoms with Gasteiger partial charge in [0, 0.05) is 18.9 Å². The van der Waals surface area contributed by atoms with E-state index in [1.807, 2.05) is 51.2 Å². The number of rotatable bonds is 11. The van der Waals surface area contributed by atoms with Crippen molar-refractivity contribution in [2.45, 2.75) is 118 Å². The van der Waals surface area contributed by atoms with E-state index in [0.29, 0.717) is 38.5 Å². The van der Waals surface area contributed by atoms with Crippen LogP contribution < -0.4 is 0 Å². The van der Waals surface area contributed by atoms with Crippen LogP contribution in [0.2, 0.25) is 0 Å². The van der Waals surface area contributed by atoms with Crippen LogP contribution in [-0.2, 0) is 19.1 Å². The molecule has 2 N–H and O–H groups in total. The zero-order valence-electron chi connectivity index (χ0n) is 25.6. The van der Waals surface area contributed by atoms with Crippen molar-refractivity contribution in [2.75, 3.05) is 0 Å². The Morgan fingerprint density at radius 2 is 1.75 bits per heavy atom. The Morgan fingerprint density at radius 1 is 1.05 bits per heavy atom. The van der Waals surface area contributed by atoms with Crippen LogP contribution in [0.5, 0.6) is 0 Å². The third kappa shape index (κ3) is 16.4. The predicted octanol–water partition coefficient (Wildman–Crippen LogP) is 7.10. The second kappa shape index (κ2) is 19.4. The van der Waals surface area contributed by atoms with E-state index in [9.17, 15) is 19.8 Å². The quantitative estimate of drug-likeness (QED) is 0.122. The Morgan fingerprint density at radius 3 is 2.42 bits per heavy atom. The van der Waals surface area contributed by atoms with Crippen molar-refractivity contribution < 1.29 is 29.3 Å². The number of carbonyl (C=O) groups is 2. The predicted molar refractivity (Wildman–Crippen MR) is 162 cm³/mol. The number of ether oxygens (including phenoxy) is 2. The number of aliphatic hydroxyl groups excluding tert-OH is 2. The fraction of sp³-hybridized carbons (Fsp3) is 0.588. The first-order valence-electron chi connectivity index (χ1n) is 14.7. The molecule has 1 rings (SSSR count). The van der Waals surface area contributed by atoms with E-state index in [4.69, 9.17) is 9.47 Å². The van der Waals surface area contributed by atoms with E-state index in [1.165, 1.54) is 6.08 Å². The van der Waals surface area contributed by atoms with Gasteiger partial charge in [0.25, 0.3) is 0 Å². The lowest BCUT2D eigenvalue weighted by atomic mass is 9.94. The Bertz CT molecular complexity index is 963. The third-order valence-electron chi connectivity index (χ3n) is 6.82. The van der Waals surface area contributed by atoms with Crippen LogP contribution in [0, 0.1) is 11.8 Å². The molecule has 0 saturated heterocycles. The summed E-state index contributed by atoms with van der Waals surface area (Å²) < 4.78 is 11.5. The minimum absolute atomic E-state index is 0.101. The van der Waals surface area contributed by atoms with E-state index >= 15 is 0 Å². The molecule has 0 aromatic carbocycles. The topological polar surface area (TPSA) is 93.1 Å². The van der Waals surface area contributed by atoms with Crippen LogP contribution in [0.1, 0.15) is 93.4 Å². The summed E-state index contributed by atoms with van der Waals surface area (Å²) in [5.41, 5.74) is 2.98. The molecule has 0 aliphatic carbocycles. The molecular weight excluding hydrogens is 504 g/mol. The Labute approximate surface area is 242 Å². The number of esters is 2. The summed E-state index contributed by atoms with van der Waals surface area (Å²) >= 11 is 0. The lowest BCUT2D eigenvalue weighted by Gasteiger charge is -2.24. The average molecular weight is 557 g/mol. The number of hydrogen-bond donors (Lipinski definition) is 2. The van der Waals surface area contributed by atoms with E-state index < -0.39 is 12.2 Å². The van der Waals surface area contributed by atoms with Gasteiger partial charge >= 0.3 is 11.9 Å². The molecule has 1 aliphatic heterocycles. The number of hydrogen-bond acceptors (Lipinski definition) is 6. The first-order valence-corrected chi connectivity index (χ1v) is 14.7. The molecule has 0 saturated carbocycles. The zero-order chi connectivity index (χ0) is 30.1. The molecule has 40 heavy (non-hydrogen) atoms. The molecule has 1 heterocycles. The van der Waals surface area contributed by atoms with Crippen LogP contribution in [-0.4, -0.2) is 46.6 Å². The fourth-order valence-electron chi connectivity index (χ4n) is 4.36. The van der Waals surface area contributed by atoms with Gasteiger partial charge in [-0.1, -0.05) is 86.1 Å². The Hall–Kier alpha value is -2.70. The maximum atomic E-state index is 12.6. The summed E-state index contributed by atoms with van der Waals surface area (Å²) in [6.07, 6.45) is 19.7. The van der Waals surface area contributed by atoms with Gasteiger partial charge in [-0.2, -0.15) is 0 Å². The second-order valence-corrected chi connectivity index (χ2v) is 11.5. The minimum Gasteiger partial charge on any atom is -0.462 e. The minimum atomic E-state index is -0.545. The molecule has 0 radical (unpaired) electrons. The molecule has 0 bridgehead atoms. The molecule has 1 aliphatic rings. The van der Waals surface area contributed by atoms with Crippen molar-refractivity contribution in [1.29, 1.82) is 0 Å². The summed E-state index contributed by atoms with van der Waals surface area (Å²) in [4.78, 5) is 24.9. The van der Waals surface area contributed by atoms with Crippen LogP contribution in [0.4, 0.5) is 0 Å². The first-order chi connectivity index (χ1) is 18.9. The van der Waals surface area contributed by atoms with E-state index in [-0.39, 0.29) is 36.0 Å². The highest BCUT2D eigenvalue weighted by Crippen LogP contribution is 2.22. The van der Waals surface area contributed by atoms with Gasteiger partial charge < -0.3 is 19.7 Å². The van der Waals surface area contributed by atoms with Gasteiger partial charge in [-0.3, -0.25) is 4.79 Å². The third-order valence-corrected chi connectivity index (χ3v) is 6.82.